The normalized spacial score (nSPS) is 11.1. The van der Waals surface area contributed by atoms with E-state index in [1.807, 2.05) is 0 Å². The monoisotopic (exact) mass is 292 g/mol. The highest BCUT2D eigenvalue weighted by atomic mass is 19.4. The van der Waals surface area contributed by atoms with Crippen molar-refractivity contribution in [3.05, 3.63) is 23.8 Å². The molecule has 0 heterocycles. The van der Waals surface area contributed by atoms with Gasteiger partial charge in [0.05, 0.1) is 6.61 Å². The van der Waals surface area contributed by atoms with E-state index in [1.54, 1.807) is 0 Å². The summed E-state index contributed by atoms with van der Waals surface area (Å²) < 4.78 is 41.0. The van der Waals surface area contributed by atoms with E-state index < -0.39 is 18.8 Å². The Morgan fingerprint density at radius 1 is 1.40 bits per heavy atom. The summed E-state index contributed by atoms with van der Waals surface area (Å²) in [6.45, 7) is 0.0116. The van der Waals surface area contributed by atoms with Gasteiger partial charge < -0.3 is 20.5 Å². The molecule has 1 aromatic rings. The minimum atomic E-state index is -4.42. The number of carbonyl (C=O) groups is 1. The van der Waals surface area contributed by atoms with Crippen molar-refractivity contribution in [2.75, 3.05) is 25.1 Å². The highest BCUT2D eigenvalue weighted by molar-refractivity contribution is 5.90. The van der Waals surface area contributed by atoms with Gasteiger partial charge in [0, 0.05) is 17.8 Å². The second-order valence-electron chi connectivity index (χ2n) is 3.94. The molecule has 0 saturated carbocycles. The van der Waals surface area contributed by atoms with E-state index in [0.717, 1.165) is 0 Å². The molecule has 5 nitrogen and oxygen atoms in total. The van der Waals surface area contributed by atoms with Crippen LogP contribution in [-0.4, -0.2) is 37.1 Å². The Kier molecular flexibility index (Phi) is 5.63. The largest absolute Gasteiger partial charge is 0.484 e. The second kappa shape index (κ2) is 6.99. The van der Waals surface area contributed by atoms with Crippen LogP contribution >= 0.6 is 0 Å². The van der Waals surface area contributed by atoms with Crippen LogP contribution < -0.4 is 15.4 Å². The lowest BCUT2D eigenvalue weighted by atomic mass is 10.2. The molecular weight excluding hydrogens is 277 g/mol. The Balaban J connectivity index is 2.72. The number of nitrogens with one attached hydrogen (secondary N) is 2. The molecule has 0 saturated heterocycles. The lowest BCUT2D eigenvalue weighted by molar-refractivity contribution is -0.153. The van der Waals surface area contributed by atoms with Crippen molar-refractivity contribution in [3.63, 3.8) is 0 Å². The molecule has 0 aliphatic rings. The van der Waals surface area contributed by atoms with Crippen molar-refractivity contribution in [1.82, 2.24) is 5.32 Å². The van der Waals surface area contributed by atoms with Gasteiger partial charge in [-0.2, -0.15) is 13.2 Å². The van der Waals surface area contributed by atoms with Gasteiger partial charge >= 0.3 is 12.2 Å². The molecule has 8 heteroatoms. The smallest absolute Gasteiger partial charge is 0.422 e. The molecule has 0 aliphatic heterocycles. The van der Waals surface area contributed by atoms with E-state index in [0.29, 0.717) is 11.3 Å². The summed E-state index contributed by atoms with van der Waals surface area (Å²) in [5.41, 5.74) is 0.719. The van der Waals surface area contributed by atoms with E-state index in [9.17, 15) is 18.0 Å². The lowest BCUT2D eigenvalue weighted by Gasteiger charge is -2.14. The van der Waals surface area contributed by atoms with Gasteiger partial charge in [-0.25, -0.2) is 4.79 Å². The molecular formula is C12H15F3N2O3. The van der Waals surface area contributed by atoms with Crippen molar-refractivity contribution in [2.45, 2.75) is 13.1 Å². The number of hydrogen-bond acceptors (Lipinski definition) is 3. The summed E-state index contributed by atoms with van der Waals surface area (Å²) in [4.78, 5) is 11.4. The first-order chi connectivity index (χ1) is 9.33. The van der Waals surface area contributed by atoms with Crippen LogP contribution in [0, 0.1) is 6.92 Å². The molecule has 20 heavy (non-hydrogen) atoms. The molecule has 0 spiro atoms. The minimum absolute atomic E-state index is 0.0438. The number of hydrogen-bond donors (Lipinski definition) is 3. The molecule has 0 aliphatic carbocycles. The lowest BCUT2D eigenvalue weighted by Crippen LogP contribution is -2.31. The zero-order chi connectivity index (χ0) is 15.2. The Labute approximate surface area is 113 Å². The molecule has 3 N–H and O–H groups in total. The Bertz CT molecular complexity index is 464. The van der Waals surface area contributed by atoms with Crippen molar-refractivity contribution < 1.29 is 27.8 Å². The average Bonchev–Trinajstić information content (AvgIpc) is 2.36. The third-order valence-electron chi connectivity index (χ3n) is 2.32. The van der Waals surface area contributed by atoms with Gasteiger partial charge in [0.1, 0.15) is 5.75 Å². The Morgan fingerprint density at radius 2 is 2.10 bits per heavy atom. The first kappa shape index (κ1) is 16.1. The van der Waals surface area contributed by atoms with Crippen LogP contribution in [0.2, 0.25) is 0 Å². The summed E-state index contributed by atoms with van der Waals surface area (Å²) in [5.74, 6) is 0.0438. The van der Waals surface area contributed by atoms with E-state index in [4.69, 9.17) is 5.11 Å². The molecule has 1 aromatic carbocycles. The fourth-order valence-corrected chi connectivity index (χ4v) is 1.40. The zero-order valence-corrected chi connectivity index (χ0v) is 10.8. The minimum Gasteiger partial charge on any atom is -0.484 e. The second-order valence-corrected chi connectivity index (χ2v) is 3.94. The third kappa shape index (κ3) is 5.35. The maximum atomic E-state index is 12.1. The number of carbonyl (C=O) groups excluding carboxylic acids is 1. The van der Waals surface area contributed by atoms with Crippen molar-refractivity contribution in [1.29, 1.82) is 0 Å². The van der Waals surface area contributed by atoms with Crippen LogP contribution in [0.15, 0.2) is 18.2 Å². The summed E-state index contributed by atoms with van der Waals surface area (Å²) in [6.07, 6.45) is -4.42. The van der Waals surface area contributed by atoms with Gasteiger partial charge in [-0.15, -0.1) is 0 Å². The topological polar surface area (TPSA) is 70.6 Å². The number of rotatable bonds is 5. The summed E-state index contributed by atoms with van der Waals surface area (Å²) >= 11 is 0. The van der Waals surface area contributed by atoms with Crippen molar-refractivity contribution in [2.24, 2.45) is 0 Å². The molecule has 0 unspecified atom stereocenters. The summed E-state index contributed by atoms with van der Waals surface area (Å²) in [5, 5.41) is 13.4. The Morgan fingerprint density at radius 3 is 2.70 bits per heavy atom. The van der Waals surface area contributed by atoms with Gasteiger partial charge in [0.25, 0.3) is 0 Å². The van der Waals surface area contributed by atoms with Gasteiger partial charge in [-0.3, -0.25) is 0 Å². The first-order valence-corrected chi connectivity index (χ1v) is 5.78. The van der Waals surface area contributed by atoms with Gasteiger partial charge in [0.15, 0.2) is 6.61 Å². The number of benzene rings is 1. The first-order valence-electron chi connectivity index (χ1n) is 5.78. The number of alkyl halides is 3. The SMILES string of the molecule is Cc1c(NC(=O)NCCO)cccc1OCC(F)(F)F. The van der Waals surface area contributed by atoms with E-state index in [-0.39, 0.29) is 18.9 Å². The fraction of sp³-hybridized carbons (Fsp3) is 0.417. The number of aliphatic hydroxyl groups excluding tert-OH is 1. The molecule has 112 valence electrons. The molecule has 0 atom stereocenters. The third-order valence-corrected chi connectivity index (χ3v) is 2.32. The van der Waals surface area contributed by atoms with E-state index in [2.05, 4.69) is 15.4 Å². The predicted octanol–water partition coefficient (Wildman–Crippen LogP) is 2.05. The van der Waals surface area contributed by atoms with Gasteiger partial charge in [-0.1, -0.05) is 6.07 Å². The quantitative estimate of drug-likeness (QED) is 0.778. The van der Waals surface area contributed by atoms with E-state index in [1.165, 1.54) is 25.1 Å². The van der Waals surface area contributed by atoms with Crippen LogP contribution in [-0.2, 0) is 0 Å². The predicted molar refractivity (Wildman–Crippen MR) is 66.8 cm³/mol. The number of halogens is 3. The molecule has 0 radical (unpaired) electrons. The summed E-state index contributed by atoms with van der Waals surface area (Å²) in [7, 11) is 0. The van der Waals surface area contributed by atoms with Crippen LogP contribution in [0.5, 0.6) is 5.75 Å². The standard InChI is InChI=1S/C12H15F3N2O3/c1-8-9(17-11(19)16-5-6-18)3-2-4-10(8)20-7-12(13,14)15/h2-4,18H,5-7H2,1H3,(H2,16,17,19). The van der Waals surface area contributed by atoms with Crippen LogP contribution in [0.4, 0.5) is 23.7 Å². The maximum Gasteiger partial charge on any atom is 0.422 e. The number of urea groups is 1. The fourth-order valence-electron chi connectivity index (χ4n) is 1.40. The average molecular weight is 292 g/mol. The van der Waals surface area contributed by atoms with Crippen molar-refractivity contribution >= 4 is 11.7 Å². The molecule has 0 bridgehead atoms. The number of ether oxygens (including phenoxy) is 1. The zero-order valence-electron chi connectivity index (χ0n) is 10.8. The molecule has 2 amide bonds. The summed E-state index contributed by atoms with van der Waals surface area (Å²) in [6, 6.07) is 3.84. The molecule has 1 rings (SSSR count). The molecule has 0 aromatic heterocycles. The Hall–Kier alpha value is -1.96. The van der Waals surface area contributed by atoms with Crippen LogP contribution in [0.1, 0.15) is 5.56 Å². The van der Waals surface area contributed by atoms with Crippen LogP contribution in [0.25, 0.3) is 0 Å². The molecule has 0 fully saturated rings. The van der Waals surface area contributed by atoms with Gasteiger partial charge in [-0.05, 0) is 19.1 Å². The van der Waals surface area contributed by atoms with E-state index >= 15 is 0 Å². The number of anilines is 1. The van der Waals surface area contributed by atoms with Crippen molar-refractivity contribution in [3.8, 4) is 5.75 Å². The maximum absolute atomic E-state index is 12.1. The van der Waals surface area contributed by atoms with Crippen LogP contribution in [0.3, 0.4) is 0 Å². The highest BCUT2D eigenvalue weighted by Crippen LogP contribution is 2.27. The number of aliphatic hydroxyl groups is 1. The van der Waals surface area contributed by atoms with Gasteiger partial charge in [0.2, 0.25) is 0 Å². The highest BCUT2D eigenvalue weighted by Gasteiger charge is 2.28. The number of amides is 2.